The number of nitrogens with one attached hydrogen (secondary N) is 1. The van der Waals surface area contributed by atoms with Crippen LogP contribution in [0.4, 0.5) is 13.2 Å². The molecule has 128 valence electrons. The molecule has 0 radical (unpaired) electrons. The molecule has 1 fully saturated rings. The molecule has 1 saturated heterocycles. The minimum Gasteiger partial charge on any atom is -0.327 e. The zero-order valence-electron chi connectivity index (χ0n) is 12.8. The van der Waals surface area contributed by atoms with Crippen molar-refractivity contribution in [2.45, 2.75) is 38.4 Å². The first kappa shape index (κ1) is 16.3. The molecule has 0 aromatic carbocycles. The Bertz CT molecular complexity index is 731. The van der Waals surface area contributed by atoms with Crippen molar-refractivity contribution >= 4 is 5.91 Å². The monoisotopic (exact) mass is 340 g/mol. The minimum atomic E-state index is -4.70. The molecule has 0 aliphatic carbocycles. The van der Waals surface area contributed by atoms with Crippen molar-refractivity contribution in [3.8, 4) is 0 Å². The highest BCUT2D eigenvalue weighted by atomic mass is 19.4. The number of aromatic nitrogens is 5. The molecule has 7 nitrogen and oxygen atoms in total. The Labute approximate surface area is 135 Å². The van der Waals surface area contributed by atoms with Gasteiger partial charge in [-0.05, 0) is 32.3 Å². The summed E-state index contributed by atoms with van der Waals surface area (Å²) in [6.07, 6.45) is -1.04. The van der Waals surface area contributed by atoms with Crippen molar-refractivity contribution in [1.82, 2.24) is 30.0 Å². The Morgan fingerprint density at radius 3 is 2.79 bits per heavy atom. The third-order valence-corrected chi connectivity index (χ3v) is 3.84. The number of aromatic amines is 1. The second-order valence-electron chi connectivity index (χ2n) is 5.60. The van der Waals surface area contributed by atoms with E-state index in [-0.39, 0.29) is 17.4 Å². The van der Waals surface area contributed by atoms with Gasteiger partial charge in [0.25, 0.3) is 5.91 Å². The quantitative estimate of drug-likeness (QED) is 0.906. The van der Waals surface area contributed by atoms with Crippen LogP contribution in [-0.4, -0.2) is 42.5 Å². The molecule has 0 bridgehead atoms. The van der Waals surface area contributed by atoms with E-state index in [1.165, 1.54) is 24.2 Å². The number of H-pyrrole nitrogens is 1. The lowest BCUT2D eigenvalue weighted by molar-refractivity contribution is -0.145. The van der Waals surface area contributed by atoms with Gasteiger partial charge in [0.1, 0.15) is 17.8 Å². The lowest BCUT2D eigenvalue weighted by Gasteiger charge is -2.34. The van der Waals surface area contributed by atoms with Gasteiger partial charge in [0, 0.05) is 12.2 Å². The Kier molecular flexibility index (Phi) is 4.20. The summed E-state index contributed by atoms with van der Waals surface area (Å²) in [4.78, 5) is 25.1. The van der Waals surface area contributed by atoms with Crippen LogP contribution in [0.1, 0.15) is 53.1 Å². The number of nitrogens with zero attached hydrogens (tertiary/aromatic N) is 5. The number of hydrogen-bond acceptors (Lipinski definition) is 5. The van der Waals surface area contributed by atoms with Gasteiger partial charge in [-0.15, -0.1) is 0 Å². The first-order valence-electron chi connectivity index (χ1n) is 7.45. The molecule has 1 atom stereocenters. The van der Waals surface area contributed by atoms with Gasteiger partial charge in [-0.25, -0.2) is 15.0 Å². The van der Waals surface area contributed by atoms with E-state index in [0.29, 0.717) is 18.8 Å². The number of rotatable bonds is 2. The molecule has 1 unspecified atom stereocenters. The van der Waals surface area contributed by atoms with E-state index in [0.717, 1.165) is 12.8 Å². The van der Waals surface area contributed by atoms with E-state index in [1.807, 2.05) is 0 Å². The third kappa shape index (κ3) is 3.22. The molecular weight excluding hydrogens is 325 g/mol. The molecule has 1 N–H and O–H groups in total. The highest BCUT2D eigenvalue weighted by Gasteiger charge is 2.37. The number of likely N-dealkylation sites (tertiary alicyclic amines) is 1. The van der Waals surface area contributed by atoms with Crippen molar-refractivity contribution in [3.05, 3.63) is 35.4 Å². The molecule has 24 heavy (non-hydrogen) atoms. The van der Waals surface area contributed by atoms with Crippen molar-refractivity contribution in [3.63, 3.8) is 0 Å². The largest absolute Gasteiger partial charge is 0.451 e. The normalized spacial score (nSPS) is 18.7. The van der Waals surface area contributed by atoms with Crippen LogP contribution in [0.3, 0.4) is 0 Å². The van der Waals surface area contributed by atoms with Crippen LogP contribution in [0, 0.1) is 6.92 Å². The van der Waals surface area contributed by atoms with E-state index in [1.54, 1.807) is 0 Å². The molecular formula is C14H15F3N6O. The molecule has 1 amide bonds. The maximum atomic E-state index is 12.9. The summed E-state index contributed by atoms with van der Waals surface area (Å²) in [5, 5.41) is 6.50. The first-order valence-corrected chi connectivity index (χ1v) is 7.45. The first-order chi connectivity index (χ1) is 11.4. The number of aryl methyl sites for hydroxylation is 1. The molecule has 0 spiro atoms. The number of carbonyl (C=O) groups excluding carboxylic acids is 1. The highest BCUT2D eigenvalue weighted by Crippen LogP contribution is 2.31. The van der Waals surface area contributed by atoms with Crippen molar-refractivity contribution in [2.24, 2.45) is 0 Å². The van der Waals surface area contributed by atoms with Gasteiger partial charge in [-0.1, -0.05) is 0 Å². The molecule has 1 aliphatic heterocycles. The third-order valence-electron chi connectivity index (χ3n) is 3.84. The number of piperidine rings is 1. The Morgan fingerprint density at radius 2 is 2.12 bits per heavy atom. The topological polar surface area (TPSA) is 87.7 Å². The fourth-order valence-electron chi connectivity index (χ4n) is 2.79. The summed E-state index contributed by atoms with van der Waals surface area (Å²) in [6.45, 7) is 1.83. The van der Waals surface area contributed by atoms with Crippen molar-refractivity contribution in [2.75, 3.05) is 6.54 Å². The average Bonchev–Trinajstić information content (AvgIpc) is 3.07. The fraction of sp³-hybridized carbons (Fsp3) is 0.500. The van der Waals surface area contributed by atoms with Gasteiger partial charge in [0.05, 0.1) is 6.04 Å². The second-order valence-corrected chi connectivity index (χ2v) is 5.60. The van der Waals surface area contributed by atoms with Gasteiger partial charge in [0.15, 0.2) is 0 Å². The predicted molar refractivity (Wildman–Crippen MR) is 75.8 cm³/mol. The highest BCUT2D eigenvalue weighted by molar-refractivity contribution is 5.92. The smallest absolute Gasteiger partial charge is 0.327 e. The van der Waals surface area contributed by atoms with Crippen molar-refractivity contribution in [1.29, 1.82) is 0 Å². The van der Waals surface area contributed by atoms with E-state index in [9.17, 15) is 18.0 Å². The van der Waals surface area contributed by atoms with Crippen LogP contribution < -0.4 is 0 Å². The SMILES string of the molecule is Cc1cc(C(=O)N2CCCCC2c2ncn[nH]2)nc(C(F)(F)F)n1. The van der Waals surface area contributed by atoms with Crippen LogP contribution in [-0.2, 0) is 6.18 Å². The van der Waals surface area contributed by atoms with E-state index in [2.05, 4.69) is 25.1 Å². The number of hydrogen-bond donors (Lipinski definition) is 1. The summed E-state index contributed by atoms with van der Waals surface area (Å²) >= 11 is 0. The molecule has 0 saturated carbocycles. The Hall–Kier alpha value is -2.52. The maximum absolute atomic E-state index is 12.9. The van der Waals surface area contributed by atoms with Crippen molar-refractivity contribution < 1.29 is 18.0 Å². The van der Waals surface area contributed by atoms with E-state index >= 15 is 0 Å². The van der Waals surface area contributed by atoms with Crippen LogP contribution in [0.25, 0.3) is 0 Å². The fourth-order valence-corrected chi connectivity index (χ4v) is 2.79. The lowest BCUT2D eigenvalue weighted by Crippen LogP contribution is -2.39. The molecule has 3 heterocycles. The molecule has 1 aliphatic rings. The standard InChI is InChI=1S/C14H15F3N6O/c1-8-6-9(21-13(20-8)14(15,16)17)12(24)23-5-3-2-4-10(23)11-18-7-19-22-11/h6-7,10H,2-5H2,1H3,(H,18,19,22). The summed E-state index contributed by atoms with van der Waals surface area (Å²) in [6, 6.07) is 0.919. The van der Waals surface area contributed by atoms with Gasteiger partial charge in [-0.2, -0.15) is 18.3 Å². The molecule has 3 rings (SSSR count). The maximum Gasteiger partial charge on any atom is 0.451 e. The van der Waals surface area contributed by atoms with Crippen LogP contribution >= 0.6 is 0 Å². The van der Waals surface area contributed by atoms with Crippen LogP contribution in [0.15, 0.2) is 12.4 Å². The van der Waals surface area contributed by atoms with Gasteiger partial charge in [-0.3, -0.25) is 9.89 Å². The lowest BCUT2D eigenvalue weighted by atomic mass is 10.0. The number of carbonyl (C=O) groups is 1. The number of amides is 1. The minimum absolute atomic E-state index is 0.0916. The Morgan fingerprint density at radius 1 is 1.33 bits per heavy atom. The van der Waals surface area contributed by atoms with E-state index in [4.69, 9.17) is 0 Å². The van der Waals surface area contributed by atoms with Gasteiger partial charge >= 0.3 is 6.18 Å². The summed E-state index contributed by atoms with van der Waals surface area (Å²) in [5.41, 5.74) is -0.171. The summed E-state index contributed by atoms with van der Waals surface area (Å²) in [7, 11) is 0. The summed E-state index contributed by atoms with van der Waals surface area (Å²) < 4.78 is 38.6. The molecule has 2 aromatic heterocycles. The zero-order chi connectivity index (χ0) is 17.3. The number of halogens is 3. The Balaban J connectivity index is 1.94. The van der Waals surface area contributed by atoms with Crippen LogP contribution in [0.5, 0.6) is 0 Å². The second kappa shape index (κ2) is 6.17. The van der Waals surface area contributed by atoms with Gasteiger partial charge < -0.3 is 4.90 Å². The van der Waals surface area contributed by atoms with Crippen LogP contribution in [0.2, 0.25) is 0 Å². The summed E-state index contributed by atoms with van der Waals surface area (Å²) in [5.74, 6) is -1.35. The zero-order valence-corrected chi connectivity index (χ0v) is 12.8. The average molecular weight is 340 g/mol. The molecule has 10 heteroatoms. The van der Waals surface area contributed by atoms with E-state index < -0.39 is 17.9 Å². The molecule has 2 aromatic rings. The van der Waals surface area contributed by atoms with Gasteiger partial charge in [0.2, 0.25) is 5.82 Å². The number of alkyl halides is 3. The predicted octanol–water partition coefficient (Wildman–Crippen LogP) is 2.29.